The van der Waals surface area contributed by atoms with Crippen LogP contribution in [-0.4, -0.2) is 27.5 Å². The van der Waals surface area contributed by atoms with E-state index >= 15 is 0 Å². The SMILES string of the molecule is C=C(C)C(=O)C(C)OC(=O)n1ccnc1. The maximum Gasteiger partial charge on any atom is 0.419 e. The summed E-state index contributed by atoms with van der Waals surface area (Å²) in [4.78, 5) is 26.4. The number of Topliss-reactive ketones (excluding diaryl/α,β-unsaturated/α-hetero) is 1. The summed E-state index contributed by atoms with van der Waals surface area (Å²) in [5.41, 5.74) is 0.362. The van der Waals surface area contributed by atoms with Crippen LogP contribution in [-0.2, 0) is 9.53 Å². The molecule has 0 amide bonds. The lowest BCUT2D eigenvalue weighted by Crippen LogP contribution is -2.26. The molecule has 1 unspecified atom stereocenters. The van der Waals surface area contributed by atoms with Crippen molar-refractivity contribution in [2.24, 2.45) is 0 Å². The number of hydrogen-bond acceptors (Lipinski definition) is 4. The Balaban J connectivity index is 2.60. The summed E-state index contributed by atoms with van der Waals surface area (Å²) >= 11 is 0. The fourth-order valence-corrected chi connectivity index (χ4v) is 0.980. The van der Waals surface area contributed by atoms with Crippen LogP contribution in [0.15, 0.2) is 30.9 Å². The van der Waals surface area contributed by atoms with Gasteiger partial charge in [-0.1, -0.05) is 6.58 Å². The summed E-state index contributed by atoms with van der Waals surface area (Å²) < 4.78 is 6.05. The average molecular weight is 208 g/mol. The van der Waals surface area contributed by atoms with Gasteiger partial charge in [0.15, 0.2) is 11.9 Å². The lowest BCUT2D eigenvalue weighted by molar-refractivity contribution is -0.122. The van der Waals surface area contributed by atoms with E-state index in [1.165, 1.54) is 25.6 Å². The molecule has 0 saturated carbocycles. The zero-order chi connectivity index (χ0) is 11.4. The lowest BCUT2D eigenvalue weighted by Gasteiger charge is -2.11. The maximum atomic E-state index is 11.4. The van der Waals surface area contributed by atoms with Gasteiger partial charge >= 0.3 is 6.09 Å². The van der Waals surface area contributed by atoms with Crippen molar-refractivity contribution in [1.29, 1.82) is 0 Å². The van der Waals surface area contributed by atoms with Gasteiger partial charge in [0.25, 0.3) is 0 Å². The van der Waals surface area contributed by atoms with Crippen molar-refractivity contribution >= 4 is 11.9 Å². The smallest absolute Gasteiger partial charge is 0.419 e. The second-order valence-corrected chi connectivity index (χ2v) is 3.14. The largest absolute Gasteiger partial charge is 0.437 e. The Labute approximate surface area is 87.4 Å². The molecule has 0 N–H and O–H groups in total. The Morgan fingerprint density at radius 1 is 1.53 bits per heavy atom. The maximum absolute atomic E-state index is 11.4. The summed E-state index contributed by atoms with van der Waals surface area (Å²) in [5, 5.41) is 0. The molecule has 15 heavy (non-hydrogen) atoms. The highest BCUT2D eigenvalue weighted by atomic mass is 16.6. The van der Waals surface area contributed by atoms with E-state index in [4.69, 9.17) is 4.74 Å². The second kappa shape index (κ2) is 4.54. The van der Waals surface area contributed by atoms with E-state index in [1.54, 1.807) is 6.92 Å². The minimum atomic E-state index is -0.822. The van der Waals surface area contributed by atoms with E-state index in [0.717, 1.165) is 4.57 Å². The predicted octanol–water partition coefficient (Wildman–Crippen LogP) is 1.40. The van der Waals surface area contributed by atoms with Crippen molar-refractivity contribution in [3.05, 3.63) is 30.9 Å². The first-order valence-electron chi connectivity index (χ1n) is 4.41. The molecule has 0 bridgehead atoms. The second-order valence-electron chi connectivity index (χ2n) is 3.14. The molecule has 5 heteroatoms. The van der Waals surface area contributed by atoms with Crippen LogP contribution in [0.5, 0.6) is 0 Å². The number of nitrogens with zero attached hydrogens (tertiary/aromatic N) is 2. The summed E-state index contributed by atoms with van der Waals surface area (Å²) in [6.45, 7) is 6.57. The zero-order valence-corrected chi connectivity index (χ0v) is 8.64. The molecule has 0 aromatic carbocycles. The topological polar surface area (TPSA) is 61.2 Å². The molecule has 0 spiro atoms. The number of imidazole rings is 1. The number of aromatic nitrogens is 2. The molecular weight excluding hydrogens is 196 g/mol. The van der Waals surface area contributed by atoms with Gasteiger partial charge in [-0.25, -0.2) is 14.3 Å². The molecular formula is C10H12N2O3. The van der Waals surface area contributed by atoms with E-state index < -0.39 is 12.2 Å². The van der Waals surface area contributed by atoms with Gasteiger partial charge in [-0.3, -0.25) is 4.79 Å². The first-order chi connectivity index (χ1) is 7.02. The summed E-state index contributed by atoms with van der Waals surface area (Å²) in [6.07, 6.45) is 2.75. The molecule has 1 heterocycles. The Morgan fingerprint density at radius 3 is 2.67 bits per heavy atom. The van der Waals surface area contributed by atoms with Crippen molar-refractivity contribution in [2.45, 2.75) is 20.0 Å². The molecule has 5 nitrogen and oxygen atoms in total. The highest BCUT2D eigenvalue weighted by Crippen LogP contribution is 2.02. The van der Waals surface area contributed by atoms with Gasteiger partial charge in [0.1, 0.15) is 6.33 Å². The van der Waals surface area contributed by atoms with Gasteiger partial charge in [-0.15, -0.1) is 0 Å². The normalized spacial score (nSPS) is 11.9. The van der Waals surface area contributed by atoms with Crippen molar-refractivity contribution < 1.29 is 14.3 Å². The minimum absolute atomic E-state index is 0.288. The number of carbonyl (C=O) groups is 2. The predicted molar refractivity (Wildman–Crippen MR) is 53.4 cm³/mol. The number of hydrogen-bond donors (Lipinski definition) is 0. The molecule has 0 fully saturated rings. The number of carbonyl (C=O) groups excluding carboxylic acids is 2. The van der Waals surface area contributed by atoms with Gasteiger partial charge in [-0.05, 0) is 19.4 Å². The molecule has 0 aliphatic heterocycles. The number of rotatable bonds is 3. The van der Waals surface area contributed by atoms with Crippen LogP contribution in [0.2, 0.25) is 0 Å². The van der Waals surface area contributed by atoms with Gasteiger partial charge in [-0.2, -0.15) is 0 Å². The standard InChI is InChI=1S/C10H12N2O3/c1-7(2)9(13)8(3)15-10(14)12-5-4-11-6-12/h4-6,8H,1H2,2-3H3. The van der Waals surface area contributed by atoms with Crippen LogP contribution in [0.4, 0.5) is 4.79 Å². The minimum Gasteiger partial charge on any atom is -0.437 e. The lowest BCUT2D eigenvalue weighted by atomic mass is 10.1. The van der Waals surface area contributed by atoms with Crippen LogP contribution in [0.3, 0.4) is 0 Å². The van der Waals surface area contributed by atoms with Gasteiger partial charge < -0.3 is 4.74 Å². The summed E-state index contributed by atoms with van der Waals surface area (Å²) in [6, 6.07) is 0. The molecule has 0 aliphatic carbocycles. The summed E-state index contributed by atoms with van der Waals surface area (Å²) in [5.74, 6) is -0.288. The molecule has 0 aliphatic rings. The van der Waals surface area contributed by atoms with Crippen molar-refractivity contribution in [1.82, 2.24) is 9.55 Å². The number of ketones is 1. The van der Waals surface area contributed by atoms with E-state index in [0.29, 0.717) is 5.57 Å². The van der Waals surface area contributed by atoms with E-state index in [9.17, 15) is 9.59 Å². The molecule has 1 rings (SSSR count). The van der Waals surface area contributed by atoms with Gasteiger partial charge in [0.2, 0.25) is 0 Å². The first-order valence-corrected chi connectivity index (χ1v) is 4.41. The molecule has 0 radical (unpaired) electrons. The Kier molecular flexibility index (Phi) is 3.38. The van der Waals surface area contributed by atoms with Crippen LogP contribution in [0.25, 0.3) is 0 Å². The molecule has 1 aromatic rings. The zero-order valence-electron chi connectivity index (χ0n) is 8.64. The third kappa shape index (κ3) is 2.77. The third-order valence-corrected chi connectivity index (χ3v) is 1.78. The Hall–Kier alpha value is -1.91. The highest BCUT2D eigenvalue weighted by molar-refractivity contribution is 5.98. The van der Waals surface area contributed by atoms with E-state index in [1.807, 2.05) is 0 Å². The molecule has 0 saturated heterocycles. The molecule has 1 atom stereocenters. The molecule has 1 aromatic heterocycles. The van der Waals surface area contributed by atoms with Crippen LogP contribution < -0.4 is 0 Å². The monoisotopic (exact) mass is 208 g/mol. The highest BCUT2D eigenvalue weighted by Gasteiger charge is 2.18. The Morgan fingerprint density at radius 2 is 2.20 bits per heavy atom. The average Bonchev–Trinajstić information content (AvgIpc) is 2.68. The van der Waals surface area contributed by atoms with Crippen LogP contribution in [0, 0.1) is 0 Å². The van der Waals surface area contributed by atoms with E-state index in [-0.39, 0.29) is 5.78 Å². The first kappa shape index (κ1) is 11.2. The quantitative estimate of drug-likeness (QED) is 0.704. The fourth-order valence-electron chi connectivity index (χ4n) is 0.980. The van der Waals surface area contributed by atoms with Crippen LogP contribution in [0.1, 0.15) is 13.8 Å². The van der Waals surface area contributed by atoms with Crippen molar-refractivity contribution in [3.8, 4) is 0 Å². The van der Waals surface area contributed by atoms with Gasteiger partial charge in [0.05, 0.1) is 0 Å². The van der Waals surface area contributed by atoms with Gasteiger partial charge in [0, 0.05) is 12.4 Å². The summed E-state index contributed by atoms with van der Waals surface area (Å²) in [7, 11) is 0. The molecule has 80 valence electrons. The fraction of sp³-hybridized carbons (Fsp3) is 0.300. The third-order valence-electron chi connectivity index (χ3n) is 1.78. The number of ether oxygens (including phenoxy) is 1. The van der Waals surface area contributed by atoms with E-state index in [2.05, 4.69) is 11.6 Å². The van der Waals surface area contributed by atoms with Crippen LogP contribution >= 0.6 is 0 Å². The van der Waals surface area contributed by atoms with Crippen molar-refractivity contribution in [2.75, 3.05) is 0 Å². The Bertz CT molecular complexity index is 381. The van der Waals surface area contributed by atoms with Crippen molar-refractivity contribution in [3.63, 3.8) is 0 Å².